The van der Waals surface area contributed by atoms with Crippen LogP contribution in [0, 0.1) is 13.8 Å². The van der Waals surface area contributed by atoms with Crippen LogP contribution in [0.25, 0.3) is 0 Å². The zero-order valence-electron chi connectivity index (χ0n) is 19.7. The van der Waals surface area contributed by atoms with E-state index in [4.69, 9.17) is 16.3 Å². The Morgan fingerprint density at radius 3 is 2.36 bits per heavy atom. The van der Waals surface area contributed by atoms with E-state index in [1.165, 1.54) is 19.2 Å². The van der Waals surface area contributed by atoms with Crippen molar-refractivity contribution >= 4 is 52.4 Å². The minimum absolute atomic E-state index is 0.0894. The number of carbonyl (C=O) groups excluding carboxylic acids is 4. The first kappa shape index (κ1) is 24.7. The number of nitrogens with one attached hydrogen (secondary N) is 2. The summed E-state index contributed by atoms with van der Waals surface area (Å²) in [6, 6.07) is 18.0. The van der Waals surface area contributed by atoms with Crippen molar-refractivity contribution in [3.05, 3.63) is 99.7 Å². The summed E-state index contributed by atoms with van der Waals surface area (Å²) in [5.41, 5.74) is 3.41. The van der Waals surface area contributed by atoms with Crippen LogP contribution in [0.3, 0.4) is 0 Å². The highest BCUT2D eigenvalue weighted by atomic mass is 35.5. The lowest BCUT2D eigenvalue weighted by Crippen LogP contribution is -2.32. The van der Waals surface area contributed by atoms with Crippen molar-refractivity contribution in [1.82, 2.24) is 0 Å². The number of anilines is 3. The van der Waals surface area contributed by atoms with Crippen LogP contribution in [0.1, 0.15) is 31.8 Å². The Labute approximate surface area is 212 Å². The van der Waals surface area contributed by atoms with Gasteiger partial charge >= 0.3 is 5.97 Å². The number of esters is 1. The van der Waals surface area contributed by atoms with Gasteiger partial charge in [-0.15, -0.1) is 0 Å². The first-order valence-electron chi connectivity index (χ1n) is 10.9. The van der Waals surface area contributed by atoms with E-state index in [1.807, 2.05) is 19.9 Å². The molecule has 0 radical (unpaired) electrons. The number of halogens is 1. The van der Waals surface area contributed by atoms with Gasteiger partial charge in [-0.2, -0.15) is 0 Å². The summed E-state index contributed by atoms with van der Waals surface area (Å²) in [4.78, 5) is 51.8. The number of imide groups is 1. The van der Waals surface area contributed by atoms with Crippen molar-refractivity contribution in [2.45, 2.75) is 13.8 Å². The van der Waals surface area contributed by atoms with E-state index in [0.717, 1.165) is 16.0 Å². The normalized spacial score (nSPS) is 13.2. The molecule has 2 N–H and O–H groups in total. The molecular weight excluding hydrogens is 482 g/mol. The van der Waals surface area contributed by atoms with Crippen LogP contribution in [0.4, 0.5) is 17.1 Å². The van der Waals surface area contributed by atoms with Crippen LogP contribution in [-0.4, -0.2) is 30.8 Å². The molecule has 36 heavy (non-hydrogen) atoms. The Balaban J connectivity index is 1.55. The number of benzene rings is 3. The molecule has 1 heterocycles. The molecule has 3 aromatic carbocycles. The molecule has 9 heteroatoms. The predicted molar refractivity (Wildman–Crippen MR) is 137 cm³/mol. The minimum atomic E-state index is -0.638. The number of rotatable bonds is 6. The zero-order valence-corrected chi connectivity index (χ0v) is 20.5. The molecule has 182 valence electrons. The fraction of sp³-hybridized carbons (Fsp3) is 0.111. The third-order valence-electron chi connectivity index (χ3n) is 5.75. The predicted octanol–water partition coefficient (Wildman–Crippen LogP) is 4.78. The van der Waals surface area contributed by atoms with Gasteiger partial charge in [-0.3, -0.25) is 14.4 Å². The van der Waals surface area contributed by atoms with Gasteiger partial charge in [0.25, 0.3) is 17.7 Å². The van der Waals surface area contributed by atoms with Gasteiger partial charge in [0.05, 0.1) is 24.0 Å². The summed E-state index contributed by atoms with van der Waals surface area (Å²) in [6.45, 7) is 3.82. The molecule has 1 aliphatic rings. The highest BCUT2D eigenvalue weighted by Gasteiger charge is 2.39. The SMILES string of the molecule is COC(=O)c1ccccc1NC(=O)c1cccc(NC2=C(Cl)C(=O)N(c3ccc(C)c(C)c3)C2=O)c1. The maximum Gasteiger partial charge on any atom is 0.339 e. The Morgan fingerprint density at radius 2 is 1.64 bits per heavy atom. The molecule has 0 atom stereocenters. The van der Waals surface area contributed by atoms with Gasteiger partial charge in [-0.1, -0.05) is 35.9 Å². The number of hydrogen-bond donors (Lipinski definition) is 2. The van der Waals surface area contributed by atoms with Crippen LogP contribution in [0.5, 0.6) is 0 Å². The lowest BCUT2D eigenvalue weighted by atomic mass is 10.1. The standard InChI is InChI=1S/C27H22ClN3O5/c1-15-11-12-19(13-16(15)2)31-25(33)22(28)23(26(31)34)29-18-8-6-7-17(14-18)24(32)30-21-10-5-4-9-20(21)27(35)36-3/h4-14,29H,1-3H3,(H,30,32). The van der Waals surface area contributed by atoms with E-state index < -0.39 is 23.7 Å². The molecule has 0 saturated heterocycles. The van der Waals surface area contributed by atoms with Crippen molar-refractivity contribution in [3.63, 3.8) is 0 Å². The molecule has 0 bridgehead atoms. The quantitative estimate of drug-likeness (QED) is 0.370. The van der Waals surface area contributed by atoms with E-state index in [1.54, 1.807) is 48.5 Å². The molecule has 0 saturated carbocycles. The van der Waals surface area contributed by atoms with Crippen LogP contribution >= 0.6 is 11.6 Å². The van der Waals surface area contributed by atoms with Crippen molar-refractivity contribution in [2.24, 2.45) is 0 Å². The Hall–Kier alpha value is -4.43. The molecule has 0 unspecified atom stereocenters. The van der Waals surface area contributed by atoms with Crippen LogP contribution in [-0.2, 0) is 14.3 Å². The van der Waals surface area contributed by atoms with Crippen LogP contribution < -0.4 is 15.5 Å². The molecular formula is C27H22ClN3O5. The van der Waals surface area contributed by atoms with E-state index in [9.17, 15) is 19.2 Å². The molecule has 3 aromatic rings. The largest absolute Gasteiger partial charge is 0.465 e. The van der Waals surface area contributed by atoms with Crippen molar-refractivity contribution in [3.8, 4) is 0 Å². The van der Waals surface area contributed by atoms with Crippen LogP contribution in [0.2, 0.25) is 0 Å². The van der Waals surface area contributed by atoms with Gasteiger partial charge < -0.3 is 15.4 Å². The highest BCUT2D eigenvalue weighted by molar-refractivity contribution is 6.53. The Morgan fingerprint density at radius 1 is 0.889 bits per heavy atom. The monoisotopic (exact) mass is 503 g/mol. The Bertz CT molecular complexity index is 1450. The second-order valence-corrected chi connectivity index (χ2v) is 8.48. The van der Waals surface area contributed by atoms with Gasteiger partial charge in [0.1, 0.15) is 10.7 Å². The fourth-order valence-corrected chi connectivity index (χ4v) is 3.88. The number of para-hydroxylation sites is 1. The van der Waals surface area contributed by atoms with Crippen molar-refractivity contribution in [1.29, 1.82) is 0 Å². The second kappa shape index (κ2) is 10.1. The summed E-state index contributed by atoms with van der Waals surface area (Å²) in [5, 5.41) is 5.32. The first-order chi connectivity index (χ1) is 17.2. The second-order valence-electron chi connectivity index (χ2n) is 8.10. The highest BCUT2D eigenvalue weighted by Crippen LogP contribution is 2.31. The molecule has 8 nitrogen and oxygen atoms in total. The number of ether oxygens (including phenoxy) is 1. The maximum absolute atomic E-state index is 13.1. The van der Waals surface area contributed by atoms with E-state index in [2.05, 4.69) is 10.6 Å². The molecule has 0 spiro atoms. The number of hydrogen-bond acceptors (Lipinski definition) is 6. The fourth-order valence-electron chi connectivity index (χ4n) is 3.67. The summed E-state index contributed by atoms with van der Waals surface area (Å²) < 4.78 is 4.76. The minimum Gasteiger partial charge on any atom is -0.465 e. The average Bonchev–Trinajstić information content (AvgIpc) is 3.08. The lowest BCUT2D eigenvalue weighted by Gasteiger charge is -2.16. The molecule has 3 amide bonds. The lowest BCUT2D eigenvalue weighted by molar-refractivity contribution is -0.120. The molecule has 4 rings (SSSR count). The third kappa shape index (κ3) is 4.71. The van der Waals surface area contributed by atoms with Crippen LogP contribution in [0.15, 0.2) is 77.5 Å². The zero-order chi connectivity index (χ0) is 26.0. The first-order valence-corrected chi connectivity index (χ1v) is 11.3. The van der Waals surface area contributed by atoms with Gasteiger partial charge in [-0.05, 0) is 67.4 Å². The van der Waals surface area contributed by atoms with Gasteiger partial charge in [0, 0.05) is 11.3 Å². The number of nitrogens with zero attached hydrogens (tertiary/aromatic N) is 1. The Kier molecular flexibility index (Phi) is 6.89. The summed E-state index contributed by atoms with van der Waals surface area (Å²) >= 11 is 6.24. The summed E-state index contributed by atoms with van der Waals surface area (Å²) in [7, 11) is 1.26. The van der Waals surface area contributed by atoms with Crippen molar-refractivity contribution in [2.75, 3.05) is 22.6 Å². The van der Waals surface area contributed by atoms with E-state index in [-0.39, 0.29) is 21.9 Å². The summed E-state index contributed by atoms with van der Waals surface area (Å²) in [6.07, 6.45) is 0. The summed E-state index contributed by atoms with van der Waals surface area (Å²) in [5.74, 6) is -2.31. The number of methoxy groups -OCH3 is 1. The van der Waals surface area contributed by atoms with Gasteiger partial charge in [0.2, 0.25) is 0 Å². The molecule has 0 aliphatic carbocycles. The topological polar surface area (TPSA) is 105 Å². The van der Waals surface area contributed by atoms with Crippen molar-refractivity contribution < 1.29 is 23.9 Å². The number of amides is 3. The third-order valence-corrected chi connectivity index (χ3v) is 6.10. The van der Waals surface area contributed by atoms with E-state index in [0.29, 0.717) is 17.1 Å². The average molecular weight is 504 g/mol. The molecule has 0 fully saturated rings. The maximum atomic E-state index is 13.1. The molecule has 0 aromatic heterocycles. The van der Waals surface area contributed by atoms with Gasteiger partial charge in [-0.25, -0.2) is 9.69 Å². The number of carbonyl (C=O) groups is 4. The van der Waals surface area contributed by atoms with Gasteiger partial charge in [0.15, 0.2) is 0 Å². The van der Waals surface area contributed by atoms with E-state index >= 15 is 0 Å². The smallest absolute Gasteiger partial charge is 0.339 e. The number of aryl methyl sites for hydroxylation is 2. The molecule has 1 aliphatic heterocycles.